The van der Waals surface area contributed by atoms with E-state index in [1.165, 1.54) is 5.69 Å². The minimum absolute atomic E-state index is 0.0789. The maximum Gasteiger partial charge on any atom is 0.143 e. The number of aromatic amines is 1. The van der Waals surface area contributed by atoms with Crippen LogP contribution >= 0.6 is 0 Å². The van der Waals surface area contributed by atoms with E-state index in [1.54, 1.807) is 13.4 Å². The molecule has 1 unspecified atom stereocenters. The molecular formula is C23H25N5O2. The van der Waals surface area contributed by atoms with Crippen molar-refractivity contribution >= 4 is 34.5 Å². The van der Waals surface area contributed by atoms with Gasteiger partial charge in [-0.1, -0.05) is 6.92 Å². The number of hydrogen-bond donors (Lipinski definition) is 2. The summed E-state index contributed by atoms with van der Waals surface area (Å²) in [6, 6.07) is 4.07. The van der Waals surface area contributed by atoms with Crippen LogP contribution in [0.4, 0.5) is 11.5 Å². The Balaban J connectivity index is 1.55. The molecule has 0 radical (unpaired) electrons. The van der Waals surface area contributed by atoms with Crippen molar-refractivity contribution < 1.29 is 9.53 Å². The van der Waals surface area contributed by atoms with Crippen LogP contribution in [0.2, 0.25) is 0 Å². The molecule has 1 aromatic carbocycles. The van der Waals surface area contributed by atoms with E-state index in [-0.39, 0.29) is 5.92 Å². The Kier molecular flexibility index (Phi) is 4.73. The lowest BCUT2D eigenvalue weighted by Crippen LogP contribution is -2.22. The highest BCUT2D eigenvalue weighted by atomic mass is 16.5. The predicted molar refractivity (Wildman–Crippen MR) is 117 cm³/mol. The van der Waals surface area contributed by atoms with Crippen molar-refractivity contribution in [1.82, 2.24) is 15.0 Å². The molecule has 0 amide bonds. The van der Waals surface area contributed by atoms with Crippen molar-refractivity contribution in [3.63, 3.8) is 0 Å². The molecule has 1 atom stereocenters. The lowest BCUT2D eigenvalue weighted by Gasteiger charge is -2.21. The number of carbonyl (C=O) groups excluding carboxylic acids is 1. The molecule has 2 N–H and O–H groups in total. The fraction of sp³-hybridized carbons (Fsp3) is 0.391. The van der Waals surface area contributed by atoms with Gasteiger partial charge >= 0.3 is 0 Å². The third kappa shape index (κ3) is 3.14. The molecule has 7 nitrogen and oxygen atoms in total. The van der Waals surface area contributed by atoms with Gasteiger partial charge in [0, 0.05) is 24.2 Å². The molecule has 2 aliphatic rings. The predicted octanol–water partition coefficient (Wildman–Crippen LogP) is 4.12. The molecule has 5 rings (SSSR count). The average molecular weight is 403 g/mol. The second-order valence-corrected chi connectivity index (χ2v) is 8.03. The fourth-order valence-corrected chi connectivity index (χ4v) is 4.59. The van der Waals surface area contributed by atoms with Gasteiger partial charge < -0.3 is 15.0 Å². The minimum atomic E-state index is 0.0789. The van der Waals surface area contributed by atoms with Gasteiger partial charge in [0.1, 0.15) is 29.3 Å². The van der Waals surface area contributed by atoms with E-state index in [9.17, 15) is 4.79 Å². The van der Waals surface area contributed by atoms with Gasteiger partial charge in [-0.05, 0) is 54.5 Å². The van der Waals surface area contributed by atoms with Gasteiger partial charge in [-0.25, -0.2) is 9.97 Å². The fourth-order valence-electron chi connectivity index (χ4n) is 4.59. The van der Waals surface area contributed by atoms with Gasteiger partial charge in [-0.15, -0.1) is 0 Å². The van der Waals surface area contributed by atoms with Crippen LogP contribution in [0.3, 0.4) is 0 Å². The number of benzene rings is 1. The summed E-state index contributed by atoms with van der Waals surface area (Å²) in [6.45, 7) is 2.74. The zero-order valence-electron chi connectivity index (χ0n) is 17.3. The summed E-state index contributed by atoms with van der Waals surface area (Å²) < 4.78 is 5.61. The minimum Gasteiger partial charge on any atom is -0.495 e. The molecule has 0 saturated heterocycles. The van der Waals surface area contributed by atoms with Crippen LogP contribution in [0.1, 0.15) is 48.6 Å². The number of nitrogens with one attached hydrogen (secondary N) is 2. The van der Waals surface area contributed by atoms with E-state index in [2.05, 4.69) is 32.2 Å². The first-order valence-corrected chi connectivity index (χ1v) is 10.5. The molecular weight excluding hydrogens is 378 g/mol. The maximum absolute atomic E-state index is 12.5. The average Bonchev–Trinajstić information content (AvgIpc) is 3.36. The summed E-state index contributed by atoms with van der Waals surface area (Å²) in [5.41, 5.74) is 6.22. The zero-order valence-corrected chi connectivity index (χ0v) is 17.3. The summed E-state index contributed by atoms with van der Waals surface area (Å²) in [7, 11) is 1.67. The van der Waals surface area contributed by atoms with Crippen molar-refractivity contribution in [3.05, 3.63) is 40.8 Å². The second kappa shape index (κ2) is 7.55. The Morgan fingerprint density at radius 2 is 2.23 bits per heavy atom. The van der Waals surface area contributed by atoms with Crippen molar-refractivity contribution in [1.29, 1.82) is 0 Å². The van der Waals surface area contributed by atoms with Crippen LogP contribution in [0.5, 0.6) is 5.75 Å². The molecule has 3 heterocycles. The van der Waals surface area contributed by atoms with Crippen LogP contribution in [0.15, 0.2) is 23.5 Å². The Bertz CT molecular complexity index is 1160. The maximum atomic E-state index is 12.5. The Hall–Kier alpha value is -3.22. The molecule has 0 spiro atoms. The number of Topliss-reactive ketones (excluding diaryl/α,β-unsaturated/α-hetero) is 1. The number of hydrogen-bond acceptors (Lipinski definition) is 6. The quantitative estimate of drug-likeness (QED) is 0.646. The summed E-state index contributed by atoms with van der Waals surface area (Å²) >= 11 is 0. The van der Waals surface area contributed by atoms with Crippen molar-refractivity contribution in [3.8, 4) is 5.75 Å². The number of ether oxygens (including phenoxy) is 1. The number of aliphatic imine (C=N–C) groups is 1. The lowest BCUT2D eigenvalue weighted by molar-refractivity contribution is -0.123. The summed E-state index contributed by atoms with van der Waals surface area (Å²) in [6.07, 6.45) is 7.50. The third-order valence-corrected chi connectivity index (χ3v) is 6.13. The first kappa shape index (κ1) is 18.8. The van der Waals surface area contributed by atoms with E-state index >= 15 is 0 Å². The topological polar surface area (TPSA) is 92.3 Å². The number of rotatable bonds is 6. The Morgan fingerprint density at radius 1 is 1.33 bits per heavy atom. The highest BCUT2D eigenvalue weighted by Crippen LogP contribution is 2.38. The van der Waals surface area contributed by atoms with Crippen LogP contribution < -0.4 is 10.1 Å². The molecule has 1 aliphatic carbocycles. The van der Waals surface area contributed by atoms with E-state index in [4.69, 9.17) is 4.74 Å². The van der Waals surface area contributed by atoms with Crippen molar-refractivity contribution in [2.75, 3.05) is 12.4 Å². The smallest absolute Gasteiger partial charge is 0.143 e. The molecule has 1 aliphatic heterocycles. The van der Waals surface area contributed by atoms with Crippen LogP contribution in [0, 0.1) is 5.92 Å². The number of methoxy groups -OCH3 is 1. The van der Waals surface area contributed by atoms with Crippen LogP contribution in [-0.4, -0.2) is 34.1 Å². The van der Waals surface area contributed by atoms with Crippen LogP contribution in [0.25, 0.3) is 11.0 Å². The number of nitrogens with zero attached hydrogens (tertiary/aromatic N) is 3. The largest absolute Gasteiger partial charge is 0.495 e. The van der Waals surface area contributed by atoms with Gasteiger partial charge in [0.25, 0.3) is 0 Å². The van der Waals surface area contributed by atoms with Gasteiger partial charge in [0.15, 0.2) is 0 Å². The number of anilines is 2. The van der Waals surface area contributed by atoms with Gasteiger partial charge in [-0.3, -0.25) is 9.79 Å². The highest BCUT2D eigenvalue weighted by Gasteiger charge is 2.28. The molecule has 7 heteroatoms. The van der Waals surface area contributed by atoms with Gasteiger partial charge in [0.2, 0.25) is 0 Å². The molecule has 0 fully saturated rings. The molecule has 0 saturated carbocycles. The molecule has 0 bridgehead atoms. The van der Waals surface area contributed by atoms with Crippen molar-refractivity contribution in [2.24, 2.45) is 10.9 Å². The second-order valence-electron chi connectivity index (χ2n) is 8.03. The number of H-pyrrole nitrogens is 1. The van der Waals surface area contributed by atoms with Gasteiger partial charge in [0.05, 0.1) is 24.7 Å². The SMILES string of the molecule is CCCC(=O)C1CCc2[nH]c3ncnc(Nc4cc5c(cc4OC)CN=C5)c3c2C1. The number of ketones is 1. The Labute approximate surface area is 175 Å². The summed E-state index contributed by atoms with van der Waals surface area (Å²) in [4.78, 5) is 29.3. The first-order valence-electron chi connectivity index (χ1n) is 10.5. The highest BCUT2D eigenvalue weighted by molar-refractivity contribution is 5.95. The number of aryl methyl sites for hydroxylation is 1. The molecule has 2 aromatic heterocycles. The van der Waals surface area contributed by atoms with E-state index in [1.807, 2.05) is 18.3 Å². The zero-order chi connectivity index (χ0) is 20.7. The van der Waals surface area contributed by atoms with E-state index in [0.29, 0.717) is 18.7 Å². The lowest BCUT2D eigenvalue weighted by atomic mass is 9.83. The molecule has 30 heavy (non-hydrogen) atoms. The van der Waals surface area contributed by atoms with Gasteiger partial charge in [-0.2, -0.15) is 0 Å². The summed E-state index contributed by atoms with van der Waals surface area (Å²) in [5, 5.41) is 4.43. The normalized spacial score (nSPS) is 17.1. The molecule has 154 valence electrons. The number of carbonyl (C=O) groups is 1. The third-order valence-electron chi connectivity index (χ3n) is 6.13. The Morgan fingerprint density at radius 3 is 3.07 bits per heavy atom. The van der Waals surface area contributed by atoms with E-state index < -0.39 is 0 Å². The van der Waals surface area contributed by atoms with E-state index in [0.717, 1.165) is 70.7 Å². The standard InChI is InChI=1S/C23H25N5O2/c1-3-4-19(29)13-5-6-17-16(7-13)21-22(27-17)25-12-26-23(21)28-18-8-14-10-24-11-15(14)9-20(18)30-2/h8-10,12-13H,3-7,11H2,1-2H3,(H2,25,26,27,28). The first-order chi connectivity index (χ1) is 14.7. The van der Waals surface area contributed by atoms with Crippen LogP contribution in [-0.2, 0) is 24.2 Å². The monoisotopic (exact) mass is 403 g/mol. The number of aromatic nitrogens is 3. The van der Waals surface area contributed by atoms with Crippen molar-refractivity contribution in [2.45, 2.75) is 45.6 Å². The molecule has 3 aromatic rings. The number of fused-ring (bicyclic) bond motifs is 4. The summed E-state index contributed by atoms with van der Waals surface area (Å²) in [5.74, 6) is 1.93.